The number of amides is 1. The summed E-state index contributed by atoms with van der Waals surface area (Å²) < 4.78 is 7.39. The second-order valence-electron chi connectivity index (χ2n) is 6.52. The number of anilines is 1. The van der Waals surface area contributed by atoms with Gasteiger partial charge in [-0.15, -0.1) is 10.2 Å². The zero-order valence-corrected chi connectivity index (χ0v) is 16.9. The molecule has 0 saturated heterocycles. The third-order valence-electron chi connectivity index (χ3n) is 4.50. The lowest BCUT2D eigenvalue weighted by Crippen LogP contribution is -2.15. The van der Waals surface area contributed by atoms with Gasteiger partial charge in [0.05, 0.1) is 17.6 Å². The van der Waals surface area contributed by atoms with Crippen molar-refractivity contribution in [2.24, 2.45) is 0 Å². The minimum atomic E-state index is -0.0899. The van der Waals surface area contributed by atoms with Gasteiger partial charge >= 0.3 is 0 Å². The third kappa shape index (κ3) is 4.09. The number of nitrogens with one attached hydrogen (secondary N) is 1. The van der Waals surface area contributed by atoms with Crippen LogP contribution in [0.3, 0.4) is 0 Å². The highest BCUT2D eigenvalue weighted by molar-refractivity contribution is 7.99. The van der Waals surface area contributed by atoms with Gasteiger partial charge in [-0.2, -0.15) is 0 Å². The maximum atomic E-state index is 12.5. The molecule has 0 saturated carbocycles. The molecule has 4 rings (SSSR count). The van der Waals surface area contributed by atoms with E-state index in [-0.39, 0.29) is 11.7 Å². The number of benzene rings is 2. The highest BCUT2D eigenvalue weighted by atomic mass is 32.2. The number of hydrogen-bond donors (Lipinski definition) is 1. The van der Waals surface area contributed by atoms with Gasteiger partial charge in [0.1, 0.15) is 5.76 Å². The summed E-state index contributed by atoms with van der Waals surface area (Å²) in [5.41, 5.74) is 3.64. The number of carbonyl (C=O) groups is 1. The molecule has 0 aliphatic heterocycles. The SMILES string of the molecule is Cc1ccccc1NC(=O)CSc1nnc(-c2ccoc2C)n1-c1ccccc1. The summed E-state index contributed by atoms with van der Waals surface area (Å²) >= 11 is 1.35. The van der Waals surface area contributed by atoms with Crippen LogP contribution < -0.4 is 5.32 Å². The van der Waals surface area contributed by atoms with E-state index in [0.29, 0.717) is 11.0 Å². The number of rotatable bonds is 6. The molecule has 0 spiro atoms. The van der Waals surface area contributed by atoms with Gasteiger partial charge in [0.25, 0.3) is 0 Å². The Hall–Kier alpha value is -3.32. The van der Waals surface area contributed by atoms with Gasteiger partial charge in [0.2, 0.25) is 5.91 Å². The number of nitrogens with zero attached hydrogens (tertiary/aromatic N) is 3. The predicted octanol–water partition coefficient (Wildman–Crippen LogP) is 4.87. The summed E-state index contributed by atoms with van der Waals surface area (Å²) in [6.45, 7) is 3.86. The second-order valence-corrected chi connectivity index (χ2v) is 7.46. The Morgan fingerprint density at radius 3 is 2.52 bits per heavy atom. The first kappa shape index (κ1) is 19.0. The molecule has 2 heterocycles. The van der Waals surface area contributed by atoms with E-state index >= 15 is 0 Å². The lowest BCUT2D eigenvalue weighted by Gasteiger charge is -2.10. The molecule has 0 bridgehead atoms. The predicted molar refractivity (Wildman–Crippen MR) is 114 cm³/mol. The topological polar surface area (TPSA) is 73.0 Å². The molecule has 146 valence electrons. The molecule has 0 aliphatic rings. The van der Waals surface area contributed by atoms with Crippen molar-refractivity contribution < 1.29 is 9.21 Å². The standard InChI is InChI=1S/C22H20N4O2S/c1-15-8-6-7-11-19(15)23-20(27)14-29-22-25-24-21(18-12-13-28-16(18)2)26(22)17-9-4-3-5-10-17/h3-13H,14H2,1-2H3,(H,23,27). The molecule has 1 N–H and O–H groups in total. The fourth-order valence-corrected chi connectivity index (χ4v) is 3.75. The van der Waals surface area contributed by atoms with Crippen molar-refractivity contribution in [3.05, 3.63) is 78.3 Å². The molecule has 0 fully saturated rings. The van der Waals surface area contributed by atoms with E-state index < -0.39 is 0 Å². The number of para-hydroxylation sites is 2. The van der Waals surface area contributed by atoms with Gasteiger partial charge < -0.3 is 9.73 Å². The van der Waals surface area contributed by atoms with Crippen molar-refractivity contribution in [1.29, 1.82) is 0 Å². The molecule has 6 nitrogen and oxygen atoms in total. The molecule has 2 aromatic carbocycles. The van der Waals surface area contributed by atoms with Crippen LogP contribution in [0.15, 0.2) is 76.5 Å². The Labute approximate surface area is 173 Å². The average molecular weight is 404 g/mol. The van der Waals surface area contributed by atoms with Gasteiger partial charge in [0, 0.05) is 11.4 Å². The van der Waals surface area contributed by atoms with E-state index in [9.17, 15) is 4.79 Å². The number of aromatic nitrogens is 3. The molecule has 4 aromatic rings. The molecule has 1 amide bonds. The van der Waals surface area contributed by atoms with Gasteiger partial charge in [0.15, 0.2) is 11.0 Å². The van der Waals surface area contributed by atoms with Crippen LogP contribution in [-0.4, -0.2) is 26.4 Å². The average Bonchev–Trinajstić information content (AvgIpc) is 3.34. The monoisotopic (exact) mass is 404 g/mol. The smallest absolute Gasteiger partial charge is 0.234 e. The summed E-state index contributed by atoms with van der Waals surface area (Å²) in [5.74, 6) is 1.59. The normalized spacial score (nSPS) is 10.8. The summed E-state index contributed by atoms with van der Waals surface area (Å²) in [7, 11) is 0. The number of aryl methyl sites for hydroxylation is 2. The highest BCUT2D eigenvalue weighted by Gasteiger charge is 2.19. The third-order valence-corrected chi connectivity index (χ3v) is 5.43. The van der Waals surface area contributed by atoms with Crippen molar-refractivity contribution in [2.45, 2.75) is 19.0 Å². The molecule has 2 aromatic heterocycles. The van der Waals surface area contributed by atoms with E-state index in [4.69, 9.17) is 4.42 Å². The van der Waals surface area contributed by atoms with E-state index in [1.807, 2.05) is 79.1 Å². The Balaban J connectivity index is 1.59. The zero-order chi connectivity index (χ0) is 20.2. The quantitative estimate of drug-likeness (QED) is 0.464. The molecule has 0 radical (unpaired) electrons. The van der Waals surface area contributed by atoms with Crippen molar-refractivity contribution >= 4 is 23.4 Å². The van der Waals surface area contributed by atoms with E-state index in [1.165, 1.54) is 11.8 Å². The lowest BCUT2D eigenvalue weighted by molar-refractivity contribution is -0.113. The summed E-state index contributed by atoms with van der Waals surface area (Å²) in [4.78, 5) is 12.5. The van der Waals surface area contributed by atoms with Crippen molar-refractivity contribution in [1.82, 2.24) is 14.8 Å². The largest absolute Gasteiger partial charge is 0.469 e. The van der Waals surface area contributed by atoms with Crippen LogP contribution in [0.25, 0.3) is 17.1 Å². The minimum Gasteiger partial charge on any atom is -0.469 e. The van der Waals surface area contributed by atoms with E-state index in [1.54, 1.807) is 6.26 Å². The van der Waals surface area contributed by atoms with Crippen LogP contribution in [0.2, 0.25) is 0 Å². The van der Waals surface area contributed by atoms with Crippen molar-refractivity contribution in [2.75, 3.05) is 11.1 Å². The molecular formula is C22H20N4O2S. The van der Waals surface area contributed by atoms with Crippen LogP contribution in [0.4, 0.5) is 5.69 Å². The summed E-state index contributed by atoms with van der Waals surface area (Å²) in [6.07, 6.45) is 1.64. The molecule has 0 aliphatic carbocycles. The Kier molecular flexibility index (Phi) is 5.48. The van der Waals surface area contributed by atoms with E-state index in [2.05, 4.69) is 15.5 Å². The fraction of sp³-hybridized carbons (Fsp3) is 0.136. The van der Waals surface area contributed by atoms with Crippen molar-refractivity contribution in [3.8, 4) is 17.1 Å². The van der Waals surface area contributed by atoms with E-state index in [0.717, 1.165) is 28.3 Å². The van der Waals surface area contributed by atoms with Crippen LogP contribution in [-0.2, 0) is 4.79 Å². The summed E-state index contributed by atoms with van der Waals surface area (Å²) in [6, 6.07) is 19.4. The first-order valence-electron chi connectivity index (χ1n) is 9.17. The van der Waals surface area contributed by atoms with Crippen LogP contribution >= 0.6 is 11.8 Å². The zero-order valence-electron chi connectivity index (χ0n) is 16.1. The number of thioether (sulfide) groups is 1. The van der Waals surface area contributed by atoms with Crippen LogP contribution in [0.5, 0.6) is 0 Å². The molecule has 7 heteroatoms. The highest BCUT2D eigenvalue weighted by Crippen LogP contribution is 2.30. The Morgan fingerprint density at radius 1 is 1.03 bits per heavy atom. The second kappa shape index (κ2) is 8.36. The Morgan fingerprint density at radius 2 is 1.79 bits per heavy atom. The van der Waals surface area contributed by atoms with Gasteiger partial charge in [-0.3, -0.25) is 9.36 Å². The first-order chi connectivity index (χ1) is 14.1. The Bertz CT molecular complexity index is 1130. The summed E-state index contributed by atoms with van der Waals surface area (Å²) in [5, 5.41) is 12.3. The lowest BCUT2D eigenvalue weighted by atomic mass is 10.2. The number of carbonyl (C=O) groups excluding carboxylic acids is 1. The number of hydrogen-bond acceptors (Lipinski definition) is 5. The molecular weight excluding hydrogens is 384 g/mol. The molecule has 29 heavy (non-hydrogen) atoms. The number of furan rings is 1. The van der Waals surface area contributed by atoms with Crippen LogP contribution in [0, 0.1) is 13.8 Å². The first-order valence-corrected chi connectivity index (χ1v) is 10.2. The van der Waals surface area contributed by atoms with Gasteiger partial charge in [-0.25, -0.2) is 0 Å². The maximum Gasteiger partial charge on any atom is 0.234 e. The van der Waals surface area contributed by atoms with Gasteiger partial charge in [-0.1, -0.05) is 48.2 Å². The van der Waals surface area contributed by atoms with Gasteiger partial charge in [-0.05, 0) is 43.7 Å². The fourth-order valence-electron chi connectivity index (χ4n) is 2.99. The molecule has 0 unspecified atom stereocenters. The molecule has 0 atom stereocenters. The van der Waals surface area contributed by atoms with Crippen molar-refractivity contribution in [3.63, 3.8) is 0 Å². The minimum absolute atomic E-state index is 0.0899. The van der Waals surface area contributed by atoms with Crippen LogP contribution in [0.1, 0.15) is 11.3 Å². The maximum absolute atomic E-state index is 12.5.